The molecule has 1 N–H and O–H groups in total. The second-order valence-corrected chi connectivity index (χ2v) is 5.34. The van der Waals surface area contributed by atoms with E-state index in [-0.39, 0.29) is 6.10 Å². The van der Waals surface area contributed by atoms with Crippen LogP contribution in [0.1, 0.15) is 57.1 Å². The Morgan fingerprint density at radius 2 is 2.00 bits per heavy atom. The molecule has 0 amide bonds. The lowest BCUT2D eigenvalue weighted by atomic mass is 10.00. The number of aliphatic hydroxyl groups excluding tert-OH is 1. The van der Waals surface area contributed by atoms with Crippen LogP contribution in [-0.2, 0) is 0 Å². The van der Waals surface area contributed by atoms with Crippen LogP contribution in [0.25, 0.3) is 6.08 Å². The van der Waals surface area contributed by atoms with Gasteiger partial charge in [0.15, 0.2) is 0 Å². The molecule has 0 unspecified atom stereocenters. The van der Waals surface area contributed by atoms with Gasteiger partial charge in [-0.1, -0.05) is 32.1 Å². The fourth-order valence-electron chi connectivity index (χ4n) is 1.98. The van der Waals surface area contributed by atoms with Crippen LogP contribution in [0.5, 0.6) is 5.75 Å². The molecular formula is C17H26O2. The fourth-order valence-corrected chi connectivity index (χ4v) is 1.98. The van der Waals surface area contributed by atoms with Gasteiger partial charge in [0, 0.05) is 5.56 Å². The molecule has 0 saturated heterocycles. The molecule has 106 valence electrons. The summed E-state index contributed by atoms with van der Waals surface area (Å²) < 4.78 is 5.38. The van der Waals surface area contributed by atoms with Crippen molar-refractivity contribution in [3.63, 3.8) is 0 Å². The number of allylic oxidation sites excluding steroid dienone is 1. The molecule has 0 radical (unpaired) electrons. The van der Waals surface area contributed by atoms with Gasteiger partial charge in [-0.25, -0.2) is 0 Å². The maximum absolute atomic E-state index is 9.20. The highest BCUT2D eigenvalue weighted by Gasteiger charge is 2.04. The molecule has 0 fully saturated rings. The molecular weight excluding hydrogens is 236 g/mol. The van der Waals surface area contributed by atoms with Gasteiger partial charge in [-0.15, -0.1) is 0 Å². The zero-order valence-corrected chi connectivity index (χ0v) is 12.5. The van der Waals surface area contributed by atoms with Gasteiger partial charge in [0.1, 0.15) is 5.75 Å². The summed E-state index contributed by atoms with van der Waals surface area (Å²) in [6.45, 7) is 6.22. The van der Waals surface area contributed by atoms with Crippen molar-refractivity contribution in [2.24, 2.45) is 0 Å². The third kappa shape index (κ3) is 5.48. The van der Waals surface area contributed by atoms with Crippen LogP contribution in [0.3, 0.4) is 0 Å². The number of aliphatic hydroxyl groups is 1. The summed E-state index contributed by atoms with van der Waals surface area (Å²) in [6, 6.07) is 6.34. The number of rotatable bonds is 7. The molecule has 0 aliphatic rings. The van der Waals surface area contributed by atoms with Gasteiger partial charge in [-0.2, -0.15) is 0 Å². The zero-order valence-electron chi connectivity index (χ0n) is 12.5. The quantitative estimate of drug-likeness (QED) is 0.739. The first-order chi connectivity index (χ1) is 9.04. The van der Waals surface area contributed by atoms with Crippen molar-refractivity contribution < 1.29 is 9.84 Å². The molecule has 1 aromatic rings. The van der Waals surface area contributed by atoms with E-state index in [0.29, 0.717) is 5.92 Å². The van der Waals surface area contributed by atoms with E-state index >= 15 is 0 Å². The van der Waals surface area contributed by atoms with E-state index in [1.54, 1.807) is 7.11 Å². The lowest BCUT2D eigenvalue weighted by molar-refractivity contribution is 0.182. The van der Waals surface area contributed by atoms with Crippen LogP contribution in [0.4, 0.5) is 0 Å². The smallest absolute Gasteiger partial charge is 0.126 e. The summed E-state index contributed by atoms with van der Waals surface area (Å²) in [5.41, 5.74) is 2.45. The predicted molar refractivity (Wildman–Crippen MR) is 81.6 cm³/mol. The van der Waals surface area contributed by atoms with E-state index < -0.39 is 0 Å². The van der Waals surface area contributed by atoms with E-state index in [2.05, 4.69) is 38.1 Å². The highest BCUT2D eigenvalue weighted by molar-refractivity contribution is 5.58. The van der Waals surface area contributed by atoms with E-state index in [1.165, 1.54) is 5.56 Å². The Kier molecular flexibility index (Phi) is 6.65. The maximum atomic E-state index is 9.20. The van der Waals surface area contributed by atoms with Crippen molar-refractivity contribution in [1.82, 2.24) is 0 Å². The number of ether oxygens (including phenoxy) is 1. The minimum Gasteiger partial charge on any atom is -0.496 e. The van der Waals surface area contributed by atoms with Crippen molar-refractivity contribution in [1.29, 1.82) is 0 Å². The van der Waals surface area contributed by atoms with Gasteiger partial charge in [-0.05, 0) is 49.8 Å². The zero-order chi connectivity index (χ0) is 14.3. The molecule has 19 heavy (non-hydrogen) atoms. The first-order valence-electron chi connectivity index (χ1n) is 7.07. The Morgan fingerprint density at radius 1 is 1.26 bits per heavy atom. The summed E-state index contributed by atoms with van der Waals surface area (Å²) >= 11 is 0. The largest absolute Gasteiger partial charge is 0.496 e. The molecule has 0 aliphatic carbocycles. The normalized spacial score (nSPS) is 13.2. The van der Waals surface area contributed by atoms with Crippen molar-refractivity contribution in [2.75, 3.05) is 7.11 Å². The van der Waals surface area contributed by atoms with E-state index in [4.69, 9.17) is 4.74 Å². The van der Waals surface area contributed by atoms with Crippen molar-refractivity contribution in [2.45, 2.75) is 52.1 Å². The topological polar surface area (TPSA) is 29.5 Å². The summed E-state index contributed by atoms with van der Waals surface area (Å²) in [4.78, 5) is 0. The summed E-state index contributed by atoms with van der Waals surface area (Å²) in [5.74, 6) is 1.43. The average molecular weight is 262 g/mol. The lowest BCUT2D eigenvalue weighted by Crippen LogP contribution is -1.97. The standard InChI is InChI=1S/C17H26O2/c1-13(2)15-10-11-17(19-4)16(12-15)9-7-5-6-8-14(3)18/h7,9-14,18H,5-6,8H2,1-4H3/t14-/m1/s1. The van der Waals surface area contributed by atoms with E-state index in [1.807, 2.05) is 13.0 Å². The van der Waals surface area contributed by atoms with Gasteiger partial charge in [0.25, 0.3) is 0 Å². The molecule has 0 aliphatic heterocycles. The number of benzene rings is 1. The fraction of sp³-hybridized carbons (Fsp3) is 0.529. The number of hydrogen-bond donors (Lipinski definition) is 1. The molecule has 2 heteroatoms. The minimum absolute atomic E-state index is 0.202. The summed E-state index contributed by atoms with van der Waals surface area (Å²) in [6.07, 6.45) is 6.93. The van der Waals surface area contributed by atoms with Crippen LogP contribution < -0.4 is 4.74 Å². The van der Waals surface area contributed by atoms with E-state index in [0.717, 1.165) is 30.6 Å². The minimum atomic E-state index is -0.202. The molecule has 2 nitrogen and oxygen atoms in total. The summed E-state index contributed by atoms with van der Waals surface area (Å²) in [7, 11) is 1.70. The number of hydrogen-bond acceptors (Lipinski definition) is 2. The molecule has 1 atom stereocenters. The van der Waals surface area contributed by atoms with Crippen LogP contribution in [0, 0.1) is 0 Å². The Hall–Kier alpha value is -1.28. The van der Waals surface area contributed by atoms with Crippen LogP contribution in [0.2, 0.25) is 0 Å². The monoisotopic (exact) mass is 262 g/mol. The Bertz CT molecular complexity index is 406. The van der Waals surface area contributed by atoms with Crippen LogP contribution in [-0.4, -0.2) is 18.3 Å². The first-order valence-corrected chi connectivity index (χ1v) is 7.07. The Balaban J connectivity index is 2.69. The van der Waals surface area contributed by atoms with Crippen molar-refractivity contribution in [3.05, 3.63) is 35.4 Å². The second-order valence-electron chi connectivity index (χ2n) is 5.34. The van der Waals surface area contributed by atoms with Gasteiger partial charge >= 0.3 is 0 Å². The lowest BCUT2D eigenvalue weighted by Gasteiger charge is -2.10. The van der Waals surface area contributed by atoms with E-state index in [9.17, 15) is 5.11 Å². The molecule has 0 saturated carbocycles. The average Bonchev–Trinajstić information content (AvgIpc) is 2.37. The second kappa shape index (κ2) is 8.00. The highest BCUT2D eigenvalue weighted by atomic mass is 16.5. The third-order valence-electron chi connectivity index (χ3n) is 3.21. The maximum Gasteiger partial charge on any atom is 0.126 e. The van der Waals surface area contributed by atoms with Gasteiger partial charge < -0.3 is 9.84 Å². The molecule has 0 aromatic heterocycles. The van der Waals surface area contributed by atoms with Crippen LogP contribution in [0.15, 0.2) is 24.3 Å². The molecule has 0 bridgehead atoms. The van der Waals surface area contributed by atoms with Gasteiger partial charge in [0.2, 0.25) is 0 Å². The number of unbranched alkanes of at least 4 members (excludes halogenated alkanes) is 1. The highest BCUT2D eigenvalue weighted by Crippen LogP contribution is 2.25. The van der Waals surface area contributed by atoms with Crippen molar-refractivity contribution in [3.8, 4) is 5.75 Å². The van der Waals surface area contributed by atoms with Gasteiger partial charge in [-0.3, -0.25) is 0 Å². The number of methoxy groups -OCH3 is 1. The molecule has 1 aromatic carbocycles. The SMILES string of the molecule is COc1ccc(C(C)C)cc1C=CCCC[C@@H](C)O. The van der Waals surface area contributed by atoms with Gasteiger partial charge in [0.05, 0.1) is 13.2 Å². The Labute approximate surface area is 117 Å². The molecule has 1 rings (SSSR count). The summed E-state index contributed by atoms with van der Waals surface area (Å²) in [5, 5.41) is 9.20. The Morgan fingerprint density at radius 3 is 2.58 bits per heavy atom. The predicted octanol–water partition coefficient (Wildman–Crippen LogP) is 4.38. The first kappa shape index (κ1) is 15.8. The molecule has 0 heterocycles. The third-order valence-corrected chi connectivity index (χ3v) is 3.21. The molecule has 0 spiro atoms. The van der Waals surface area contributed by atoms with Crippen LogP contribution >= 0.6 is 0 Å². The van der Waals surface area contributed by atoms with Crippen molar-refractivity contribution >= 4 is 6.08 Å².